The van der Waals surface area contributed by atoms with Gasteiger partial charge in [-0.3, -0.25) is 0 Å². The summed E-state index contributed by atoms with van der Waals surface area (Å²) in [6.45, 7) is 2.09. The molecule has 0 fully saturated rings. The maximum atomic E-state index is 11.9. The number of ether oxygens (including phenoxy) is 3. The number of rotatable bonds is 4. The fourth-order valence-corrected chi connectivity index (χ4v) is 2.49. The number of carbonyl (C=O) groups excluding carboxylic acids is 1. The van der Waals surface area contributed by atoms with Crippen LogP contribution in [0, 0.1) is 0 Å². The third kappa shape index (κ3) is 3.33. The number of hydrogen-bond acceptors (Lipinski definition) is 4. The summed E-state index contributed by atoms with van der Waals surface area (Å²) in [4.78, 5) is 11.9. The zero-order valence-corrected chi connectivity index (χ0v) is 13.6. The second kappa shape index (κ2) is 7.04. The Kier molecular flexibility index (Phi) is 4.66. The van der Waals surface area contributed by atoms with Gasteiger partial charge in [0.05, 0.1) is 19.8 Å². The van der Waals surface area contributed by atoms with Crippen molar-refractivity contribution in [3.8, 4) is 11.5 Å². The van der Waals surface area contributed by atoms with Gasteiger partial charge in [0.2, 0.25) is 0 Å². The molecule has 0 radical (unpaired) electrons. The van der Waals surface area contributed by atoms with Gasteiger partial charge < -0.3 is 14.2 Å². The zero-order valence-electron chi connectivity index (χ0n) is 13.6. The molecule has 122 valence electrons. The van der Waals surface area contributed by atoms with E-state index in [2.05, 4.69) is 0 Å². The van der Waals surface area contributed by atoms with Crippen LogP contribution in [0.3, 0.4) is 0 Å². The highest BCUT2D eigenvalue weighted by molar-refractivity contribution is 5.97. The van der Waals surface area contributed by atoms with Gasteiger partial charge in [-0.05, 0) is 36.8 Å². The first-order valence-corrected chi connectivity index (χ1v) is 7.73. The van der Waals surface area contributed by atoms with Crippen molar-refractivity contribution < 1.29 is 19.0 Å². The molecule has 0 aliphatic carbocycles. The molecule has 2 aromatic rings. The minimum Gasteiger partial charge on any atom is -0.497 e. The molecule has 0 N–H and O–H groups in total. The highest BCUT2D eigenvalue weighted by Gasteiger charge is 2.20. The molecule has 1 aliphatic rings. The summed E-state index contributed by atoms with van der Waals surface area (Å²) in [6.07, 6.45) is 3.39. The quantitative estimate of drug-likeness (QED) is 0.628. The Bertz CT molecular complexity index is 801. The van der Waals surface area contributed by atoms with Crippen LogP contribution in [0.15, 0.2) is 60.4 Å². The number of allylic oxidation sites excluding steroid dienone is 1. The van der Waals surface area contributed by atoms with Gasteiger partial charge in [0.15, 0.2) is 0 Å². The molecule has 0 aromatic heterocycles. The fourth-order valence-electron chi connectivity index (χ4n) is 2.49. The van der Waals surface area contributed by atoms with E-state index in [0.717, 1.165) is 22.4 Å². The molecule has 0 saturated carbocycles. The number of carbonyl (C=O) groups is 1. The first-order chi connectivity index (χ1) is 11.7. The van der Waals surface area contributed by atoms with Gasteiger partial charge in [0, 0.05) is 11.1 Å². The Morgan fingerprint density at radius 2 is 1.88 bits per heavy atom. The SMILES string of the molecule is CCOC(=O)/C=C1\Oc2ccccc2C=C1c1ccc(OC)cc1. The molecule has 24 heavy (non-hydrogen) atoms. The predicted octanol–water partition coefficient (Wildman–Crippen LogP) is 4.08. The highest BCUT2D eigenvalue weighted by atomic mass is 16.5. The largest absolute Gasteiger partial charge is 0.497 e. The van der Waals surface area contributed by atoms with Crippen LogP contribution >= 0.6 is 0 Å². The van der Waals surface area contributed by atoms with Gasteiger partial charge >= 0.3 is 5.97 Å². The van der Waals surface area contributed by atoms with Gasteiger partial charge in [-0.15, -0.1) is 0 Å². The monoisotopic (exact) mass is 322 g/mol. The van der Waals surface area contributed by atoms with Crippen LogP contribution in [0.1, 0.15) is 18.1 Å². The normalized spacial score (nSPS) is 14.4. The Morgan fingerprint density at radius 3 is 2.58 bits per heavy atom. The van der Waals surface area contributed by atoms with E-state index in [1.165, 1.54) is 6.08 Å². The molecule has 1 heterocycles. The lowest BCUT2D eigenvalue weighted by atomic mass is 9.98. The zero-order chi connectivity index (χ0) is 16.9. The van der Waals surface area contributed by atoms with Crippen LogP contribution in [0.5, 0.6) is 11.5 Å². The Balaban J connectivity index is 2.05. The third-order valence-electron chi connectivity index (χ3n) is 3.64. The van der Waals surface area contributed by atoms with Crippen molar-refractivity contribution in [3.05, 3.63) is 71.5 Å². The van der Waals surface area contributed by atoms with Crippen molar-refractivity contribution in [2.75, 3.05) is 13.7 Å². The first-order valence-electron chi connectivity index (χ1n) is 7.73. The Hall–Kier alpha value is -3.01. The predicted molar refractivity (Wildman–Crippen MR) is 92.7 cm³/mol. The lowest BCUT2D eigenvalue weighted by molar-refractivity contribution is -0.137. The topological polar surface area (TPSA) is 44.8 Å². The summed E-state index contributed by atoms with van der Waals surface area (Å²) in [5.41, 5.74) is 2.72. The van der Waals surface area contributed by atoms with E-state index < -0.39 is 5.97 Å². The van der Waals surface area contributed by atoms with E-state index in [4.69, 9.17) is 14.2 Å². The van der Waals surface area contributed by atoms with Gasteiger partial charge in [-0.1, -0.05) is 30.3 Å². The van der Waals surface area contributed by atoms with E-state index in [1.807, 2.05) is 54.6 Å². The number of methoxy groups -OCH3 is 1. The lowest BCUT2D eigenvalue weighted by Gasteiger charge is -2.21. The van der Waals surface area contributed by atoms with E-state index in [-0.39, 0.29) is 0 Å². The average Bonchev–Trinajstić information content (AvgIpc) is 2.61. The van der Waals surface area contributed by atoms with Crippen molar-refractivity contribution in [2.24, 2.45) is 0 Å². The molecule has 2 aromatic carbocycles. The molecule has 0 spiro atoms. The first kappa shape index (κ1) is 15.9. The highest BCUT2D eigenvalue weighted by Crippen LogP contribution is 2.36. The summed E-state index contributed by atoms with van der Waals surface area (Å²) < 4.78 is 16.1. The summed E-state index contributed by atoms with van der Waals surface area (Å²) in [5.74, 6) is 1.53. The van der Waals surface area contributed by atoms with Crippen LogP contribution in [-0.2, 0) is 9.53 Å². The number of para-hydroxylation sites is 1. The number of benzene rings is 2. The molecule has 0 bridgehead atoms. The minimum absolute atomic E-state index is 0.320. The van der Waals surface area contributed by atoms with Crippen molar-refractivity contribution in [2.45, 2.75) is 6.92 Å². The summed E-state index contributed by atoms with van der Waals surface area (Å²) in [7, 11) is 1.63. The molecule has 0 unspecified atom stereocenters. The van der Waals surface area contributed by atoms with Gasteiger partial charge in [-0.25, -0.2) is 4.79 Å². The van der Waals surface area contributed by atoms with Crippen LogP contribution in [0.4, 0.5) is 0 Å². The molecule has 1 aliphatic heterocycles. The smallest absolute Gasteiger partial charge is 0.334 e. The number of fused-ring (bicyclic) bond motifs is 1. The third-order valence-corrected chi connectivity index (χ3v) is 3.64. The van der Waals surface area contributed by atoms with E-state index in [0.29, 0.717) is 18.1 Å². The van der Waals surface area contributed by atoms with Crippen molar-refractivity contribution in [1.29, 1.82) is 0 Å². The maximum Gasteiger partial charge on any atom is 0.334 e. The number of esters is 1. The summed E-state index contributed by atoms with van der Waals surface area (Å²) >= 11 is 0. The maximum absolute atomic E-state index is 11.9. The van der Waals surface area contributed by atoms with Crippen molar-refractivity contribution in [3.63, 3.8) is 0 Å². The van der Waals surface area contributed by atoms with E-state index in [9.17, 15) is 4.79 Å². The van der Waals surface area contributed by atoms with Gasteiger partial charge in [-0.2, -0.15) is 0 Å². The van der Waals surface area contributed by atoms with Crippen molar-refractivity contribution >= 4 is 17.6 Å². The average molecular weight is 322 g/mol. The molecule has 0 amide bonds. The van der Waals surface area contributed by atoms with Crippen molar-refractivity contribution in [1.82, 2.24) is 0 Å². The van der Waals surface area contributed by atoms with Gasteiger partial charge in [0.25, 0.3) is 0 Å². The van der Waals surface area contributed by atoms with Crippen LogP contribution in [-0.4, -0.2) is 19.7 Å². The molecule has 4 nitrogen and oxygen atoms in total. The minimum atomic E-state index is -0.425. The molecular formula is C20H18O4. The van der Waals surface area contributed by atoms with Crippen LogP contribution in [0.2, 0.25) is 0 Å². The van der Waals surface area contributed by atoms with Gasteiger partial charge in [0.1, 0.15) is 17.3 Å². The van der Waals surface area contributed by atoms with E-state index in [1.54, 1.807) is 14.0 Å². The number of hydrogen-bond donors (Lipinski definition) is 0. The Morgan fingerprint density at radius 1 is 1.12 bits per heavy atom. The Labute approximate surface area is 141 Å². The summed E-state index contributed by atoms with van der Waals surface area (Å²) in [5, 5.41) is 0. The van der Waals surface area contributed by atoms with Crippen LogP contribution in [0.25, 0.3) is 11.6 Å². The standard InChI is InChI=1S/C20H18O4/c1-3-23-20(21)13-19-17(14-8-10-16(22-2)11-9-14)12-15-6-4-5-7-18(15)24-19/h4-13H,3H2,1-2H3/b19-13-. The molecule has 3 rings (SSSR count). The molecule has 0 saturated heterocycles. The second-order valence-electron chi connectivity index (χ2n) is 5.19. The summed E-state index contributed by atoms with van der Waals surface area (Å²) in [6, 6.07) is 15.3. The van der Waals surface area contributed by atoms with Crippen LogP contribution < -0.4 is 9.47 Å². The molecular weight excluding hydrogens is 304 g/mol. The molecule has 4 heteroatoms. The lowest BCUT2D eigenvalue weighted by Crippen LogP contribution is -2.09. The second-order valence-corrected chi connectivity index (χ2v) is 5.19. The van der Waals surface area contributed by atoms with E-state index >= 15 is 0 Å². The fraction of sp³-hybridized carbons (Fsp3) is 0.150. The molecule has 0 atom stereocenters.